The Morgan fingerprint density at radius 1 is 1.20 bits per heavy atom. The minimum atomic E-state index is -0.163. The number of likely N-dealkylation sites (tertiary alicyclic amines) is 1. The summed E-state index contributed by atoms with van der Waals surface area (Å²) in [6.45, 7) is 2.39. The van der Waals surface area contributed by atoms with Gasteiger partial charge in [0.25, 0.3) is 0 Å². The minimum absolute atomic E-state index is 0.0253. The number of fused-ring (bicyclic) bond motifs is 2. The zero-order valence-electron chi connectivity index (χ0n) is 14.4. The zero-order valence-corrected chi connectivity index (χ0v) is 15.2. The number of allylic oxidation sites excluding steroid dienone is 2. The lowest BCUT2D eigenvalue weighted by atomic mass is 9.85. The van der Waals surface area contributed by atoms with Crippen LogP contribution in [-0.2, 0) is 9.59 Å². The van der Waals surface area contributed by atoms with E-state index in [2.05, 4.69) is 13.0 Å². The molecule has 2 aromatic rings. The molecule has 0 saturated carbocycles. The largest absolute Gasteiger partial charge is 0.279 e. The number of carbonyl (C=O) groups excluding carboxylic acids is 2. The van der Waals surface area contributed by atoms with Crippen LogP contribution in [0, 0.1) is 11.8 Å². The van der Waals surface area contributed by atoms with Crippen molar-refractivity contribution in [2.45, 2.75) is 25.8 Å². The van der Waals surface area contributed by atoms with Crippen LogP contribution in [0.25, 0.3) is 10.2 Å². The van der Waals surface area contributed by atoms with Gasteiger partial charge in [-0.05, 0) is 38.9 Å². The quantitative estimate of drug-likeness (QED) is 0.624. The average molecular weight is 355 g/mol. The first-order valence-electron chi connectivity index (χ1n) is 8.62. The highest BCUT2D eigenvalue weighted by atomic mass is 32.1. The molecular formula is C19H21N3O2S. The standard InChI is InChI=1S/C19H21N3O2S/c1-12(17-20-15-9-5-6-10-16(15)25-17)21(2)11-22-18(23)13-7-3-4-8-14(13)19(22)24/h3-6,9-10,12-14H,7-8,11H2,1-2H3/t12-,13-,14-/m1/s1. The van der Waals surface area contributed by atoms with E-state index in [1.165, 1.54) is 4.90 Å². The molecule has 1 saturated heterocycles. The summed E-state index contributed by atoms with van der Waals surface area (Å²) in [5, 5.41) is 1.00. The molecule has 1 fully saturated rings. The number of amides is 2. The first-order chi connectivity index (χ1) is 12.1. The summed E-state index contributed by atoms with van der Waals surface area (Å²) in [4.78, 5) is 33.4. The van der Waals surface area contributed by atoms with Gasteiger partial charge in [-0.2, -0.15) is 0 Å². The third-order valence-corrected chi connectivity index (χ3v) is 6.50. The Morgan fingerprint density at radius 2 is 1.84 bits per heavy atom. The van der Waals surface area contributed by atoms with Crippen molar-refractivity contribution in [2.24, 2.45) is 11.8 Å². The number of hydrogen-bond acceptors (Lipinski definition) is 5. The second-order valence-corrected chi connectivity index (χ2v) is 7.92. The topological polar surface area (TPSA) is 53.5 Å². The fraction of sp³-hybridized carbons (Fsp3) is 0.421. The highest BCUT2D eigenvalue weighted by Gasteiger charge is 2.47. The number of hydrogen-bond donors (Lipinski definition) is 0. The Bertz CT molecular complexity index is 800. The lowest BCUT2D eigenvalue weighted by Crippen LogP contribution is -2.41. The molecular weight excluding hydrogens is 334 g/mol. The fourth-order valence-electron chi connectivity index (χ4n) is 3.61. The summed E-state index contributed by atoms with van der Waals surface area (Å²) >= 11 is 1.66. The zero-order chi connectivity index (χ0) is 17.6. The maximum atomic E-state index is 12.6. The van der Waals surface area contributed by atoms with Crippen molar-refractivity contribution >= 4 is 33.4 Å². The van der Waals surface area contributed by atoms with Crippen molar-refractivity contribution < 1.29 is 9.59 Å². The van der Waals surface area contributed by atoms with E-state index < -0.39 is 0 Å². The molecule has 1 aliphatic heterocycles. The van der Waals surface area contributed by atoms with Gasteiger partial charge in [0.2, 0.25) is 11.8 Å². The summed E-state index contributed by atoms with van der Waals surface area (Å²) in [5.74, 6) is -0.377. The van der Waals surface area contributed by atoms with Crippen LogP contribution in [0.3, 0.4) is 0 Å². The van der Waals surface area contributed by atoms with Gasteiger partial charge in [-0.15, -0.1) is 11.3 Å². The molecule has 2 amide bonds. The Kier molecular flexibility index (Phi) is 4.17. The number of nitrogens with zero attached hydrogens (tertiary/aromatic N) is 3. The molecule has 3 atom stereocenters. The number of rotatable bonds is 4. The number of para-hydroxylation sites is 1. The van der Waals surface area contributed by atoms with Gasteiger partial charge in [-0.25, -0.2) is 4.98 Å². The first-order valence-corrected chi connectivity index (χ1v) is 9.44. The molecule has 2 heterocycles. The van der Waals surface area contributed by atoms with Crippen LogP contribution in [0.4, 0.5) is 0 Å². The molecule has 1 aromatic heterocycles. The highest BCUT2D eigenvalue weighted by molar-refractivity contribution is 7.18. The van der Waals surface area contributed by atoms with Crippen molar-refractivity contribution in [3.8, 4) is 0 Å². The van der Waals surface area contributed by atoms with E-state index in [4.69, 9.17) is 4.98 Å². The normalized spacial score (nSPS) is 24.4. The number of imide groups is 1. The predicted octanol–water partition coefficient (Wildman–Crippen LogP) is 3.20. The Morgan fingerprint density at radius 3 is 2.48 bits per heavy atom. The lowest BCUT2D eigenvalue weighted by Gasteiger charge is -2.27. The van der Waals surface area contributed by atoms with Crippen LogP contribution in [0.15, 0.2) is 36.4 Å². The van der Waals surface area contributed by atoms with E-state index in [9.17, 15) is 9.59 Å². The molecule has 0 unspecified atom stereocenters. The Hall–Kier alpha value is -2.05. The van der Waals surface area contributed by atoms with Crippen molar-refractivity contribution in [3.05, 3.63) is 41.4 Å². The van der Waals surface area contributed by atoms with Gasteiger partial charge >= 0.3 is 0 Å². The monoisotopic (exact) mass is 355 g/mol. The summed E-state index contributed by atoms with van der Waals surface area (Å²) < 4.78 is 1.16. The van der Waals surface area contributed by atoms with Crippen molar-refractivity contribution in [2.75, 3.05) is 13.7 Å². The van der Waals surface area contributed by atoms with Crippen LogP contribution < -0.4 is 0 Å². The number of benzene rings is 1. The average Bonchev–Trinajstić information content (AvgIpc) is 3.17. The van der Waals surface area contributed by atoms with E-state index in [0.29, 0.717) is 19.5 Å². The maximum Gasteiger partial charge on any atom is 0.234 e. The molecule has 130 valence electrons. The number of aromatic nitrogens is 1. The summed E-state index contributed by atoms with van der Waals surface area (Å²) in [7, 11) is 1.94. The van der Waals surface area contributed by atoms with Gasteiger partial charge in [0.05, 0.1) is 34.8 Å². The van der Waals surface area contributed by atoms with Gasteiger partial charge in [0, 0.05) is 0 Å². The molecule has 0 N–H and O–H groups in total. The molecule has 1 aromatic carbocycles. The Labute approximate surface area is 150 Å². The van der Waals surface area contributed by atoms with E-state index in [1.807, 2.05) is 42.3 Å². The molecule has 25 heavy (non-hydrogen) atoms. The molecule has 0 radical (unpaired) electrons. The first kappa shape index (κ1) is 16.4. The molecule has 2 aliphatic rings. The summed E-state index contributed by atoms with van der Waals surface area (Å²) in [6, 6.07) is 8.11. The van der Waals surface area contributed by atoms with E-state index in [1.54, 1.807) is 11.3 Å². The Balaban J connectivity index is 1.50. The molecule has 1 aliphatic carbocycles. The fourth-order valence-corrected chi connectivity index (χ4v) is 4.70. The molecule has 0 spiro atoms. The predicted molar refractivity (Wildman–Crippen MR) is 97.9 cm³/mol. The van der Waals surface area contributed by atoms with Crippen molar-refractivity contribution in [1.82, 2.24) is 14.8 Å². The van der Waals surface area contributed by atoms with Crippen LogP contribution in [0.2, 0.25) is 0 Å². The van der Waals surface area contributed by atoms with Gasteiger partial charge in [0.1, 0.15) is 5.01 Å². The van der Waals surface area contributed by atoms with Gasteiger partial charge in [-0.1, -0.05) is 24.3 Å². The summed E-state index contributed by atoms with van der Waals surface area (Å²) in [5.41, 5.74) is 0.994. The van der Waals surface area contributed by atoms with Crippen LogP contribution in [0.1, 0.15) is 30.8 Å². The third-order valence-electron chi connectivity index (χ3n) is 5.29. The van der Waals surface area contributed by atoms with Gasteiger partial charge in [-0.3, -0.25) is 19.4 Å². The van der Waals surface area contributed by atoms with Crippen LogP contribution in [0.5, 0.6) is 0 Å². The molecule has 0 bridgehead atoms. The summed E-state index contributed by atoms with van der Waals surface area (Å²) in [6.07, 6.45) is 5.40. The SMILES string of the molecule is C[C@H](c1nc2ccccc2s1)N(C)CN1C(=O)[C@@H]2CC=CC[C@H]2C1=O. The number of carbonyl (C=O) groups is 2. The molecule has 4 rings (SSSR count). The van der Waals surface area contributed by atoms with E-state index in [-0.39, 0.29) is 29.7 Å². The van der Waals surface area contributed by atoms with Gasteiger partial charge < -0.3 is 0 Å². The van der Waals surface area contributed by atoms with Crippen molar-refractivity contribution in [3.63, 3.8) is 0 Å². The lowest BCUT2D eigenvalue weighted by molar-refractivity contribution is -0.142. The maximum absolute atomic E-state index is 12.6. The third kappa shape index (κ3) is 2.79. The molecule has 6 heteroatoms. The van der Waals surface area contributed by atoms with E-state index in [0.717, 1.165) is 15.2 Å². The molecule has 5 nitrogen and oxygen atoms in total. The second kappa shape index (κ2) is 6.35. The minimum Gasteiger partial charge on any atom is -0.279 e. The van der Waals surface area contributed by atoms with Crippen LogP contribution in [-0.4, -0.2) is 40.3 Å². The highest BCUT2D eigenvalue weighted by Crippen LogP contribution is 2.36. The second-order valence-electron chi connectivity index (χ2n) is 6.85. The van der Waals surface area contributed by atoms with Crippen LogP contribution >= 0.6 is 11.3 Å². The number of thiazole rings is 1. The van der Waals surface area contributed by atoms with E-state index >= 15 is 0 Å². The van der Waals surface area contributed by atoms with Crippen molar-refractivity contribution in [1.29, 1.82) is 0 Å². The smallest absolute Gasteiger partial charge is 0.234 e. The van der Waals surface area contributed by atoms with Gasteiger partial charge in [0.15, 0.2) is 0 Å².